The van der Waals surface area contributed by atoms with Crippen LogP contribution in [-0.2, 0) is 9.53 Å². The Morgan fingerprint density at radius 2 is 2.00 bits per heavy atom. The van der Waals surface area contributed by atoms with Gasteiger partial charge in [-0.3, -0.25) is 0 Å². The Labute approximate surface area is 133 Å². The van der Waals surface area contributed by atoms with Gasteiger partial charge in [0.05, 0.1) is 6.61 Å². The number of carbonyl (C=O) groups is 1. The van der Waals surface area contributed by atoms with Gasteiger partial charge >= 0.3 is 74.9 Å². The fourth-order valence-electron chi connectivity index (χ4n) is 0.823. The van der Waals surface area contributed by atoms with Gasteiger partial charge in [-0.15, -0.1) is 0 Å². The van der Waals surface area contributed by atoms with Crippen LogP contribution in [0.3, 0.4) is 0 Å². The normalized spacial score (nSPS) is 23.8. The third-order valence-corrected chi connectivity index (χ3v) is 1.48. The molecule has 1 rings (SSSR count). The molecule has 1 heterocycles. The number of aliphatic hydroxyl groups excluding tert-OH is 4. The summed E-state index contributed by atoms with van der Waals surface area (Å²) in [6.07, 6.45) is -2.78. The summed E-state index contributed by atoms with van der Waals surface area (Å²) in [7, 11) is 0. The third kappa shape index (κ3) is 2.86. The van der Waals surface area contributed by atoms with E-state index in [4.69, 9.17) is 20.4 Å². The first-order valence-electron chi connectivity index (χ1n) is 3.20. The zero-order valence-electron chi connectivity index (χ0n) is 6.97. The van der Waals surface area contributed by atoms with E-state index < -0.39 is 36.3 Å². The average Bonchev–Trinajstić information content (AvgIpc) is 2.32. The van der Waals surface area contributed by atoms with E-state index in [-0.39, 0.29) is 68.9 Å². The standard InChI is InChI=1S/C6H8O6.Cs/c7-1-2(8)5-3(9)4(10)6(11)12-5;/h2,5,7-10H,1H2;/q;+1/t2-,5+;/m0./s1. The molecule has 1 aliphatic rings. The Bertz CT molecular complexity index is 237. The number of hydrogen-bond acceptors (Lipinski definition) is 6. The summed E-state index contributed by atoms with van der Waals surface area (Å²) in [5.74, 6) is -2.78. The zero-order valence-corrected chi connectivity index (χ0v) is 13.2. The Kier molecular flexibility index (Phi) is 5.95. The van der Waals surface area contributed by atoms with E-state index in [0.717, 1.165) is 0 Å². The largest absolute Gasteiger partial charge is 1.00 e. The van der Waals surface area contributed by atoms with Crippen molar-refractivity contribution in [3.05, 3.63) is 11.5 Å². The van der Waals surface area contributed by atoms with Crippen molar-refractivity contribution in [2.45, 2.75) is 12.2 Å². The molecule has 0 bridgehead atoms. The summed E-state index contributed by atoms with van der Waals surface area (Å²) < 4.78 is 4.32. The molecule has 0 radical (unpaired) electrons. The van der Waals surface area contributed by atoms with Gasteiger partial charge in [-0.2, -0.15) is 0 Å². The Balaban J connectivity index is 0.00000144. The van der Waals surface area contributed by atoms with E-state index in [0.29, 0.717) is 0 Å². The van der Waals surface area contributed by atoms with Gasteiger partial charge in [-0.05, 0) is 0 Å². The Morgan fingerprint density at radius 1 is 1.46 bits per heavy atom. The van der Waals surface area contributed by atoms with Crippen molar-refractivity contribution < 1.29 is 98.9 Å². The van der Waals surface area contributed by atoms with Gasteiger partial charge in [-0.1, -0.05) is 0 Å². The smallest absolute Gasteiger partial charge is 0.505 e. The molecule has 1 aliphatic heterocycles. The van der Waals surface area contributed by atoms with E-state index in [1.165, 1.54) is 0 Å². The summed E-state index contributed by atoms with van der Waals surface area (Å²) in [6.45, 7) is -0.671. The number of rotatable bonds is 2. The second-order valence-electron chi connectivity index (χ2n) is 2.31. The Hall–Kier alpha value is 0.782. The molecule has 6 nitrogen and oxygen atoms in total. The first kappa shape index (κ1) is 13.8. The molecular weight excluding hydrogens is 301 g/mol. The first-order valence-corrected chi connectivity index (χ1v) is 3.20. The van der Waals surface area contributed by atoms with Crippen LogP contribution in [0, 0.1) is 0 Å². The van der Waals surface area contributed by atoms with Crippen molar-refractivity contribution >= 4 is 5.97 Å². The molecule has 0 aromatic carbocycles. The van der Waals surface area contributed by atoms with Crippen LogP contribution in [0.5, 0.6) is 0 Å². The summed E-state index contributed by atoms with van der Waals surface area (Å²) >= 11 is 0. The zero-order chi connectivity index (χ0) is 9.30. The predicted octanol–water partition coefficient (Wildman–Crippen LogP) is -4.40. The number of cyclic esters (lactones) is 1. The van der Waals surface area contributed by atoms with Crippen LogP contribution in [-0.4, -0.2) is 45.2 Å². The van der Waals surface area contributed by atoms with Gasteiger partial charge < -0.3 is 25.2 Å². The maximum absolute atomic E-state index is 10.5. The molecule has 2 atom stereocenters. The molecule has 0 aromatic rings. The topological polar surface area (TPSA) is 107 Å². The average molecular weight is 309 g/mol. The second kappa shape index (κ2) is 5.61. The van der Waals surface area contributed by atoms with Crippen molar-refractivity contribution in [1.29, 1.82) is 0 Å². The van der Waals surface area contributed by atoms with Crippen LogP contribution in [0.1, 0.15) is 0 Å². The molecule has 0 spiro atoms. The molecular formula is C6H8CsO6+. The third-order valence-electron chi connectivity index (χ3n) is 1.48. The molecule has 0 saturated heterocycles. The summed E-state index contributed by atoms with van der Waals surface area (Å²) in [5, 5.41) is 35.0. The quantitative estimate of drug-likeness (QED) is 0.384. The SMILES string of the molecule is O=C1O[C@H]([C@@H](O)CO)C(O)=C1O.[Cs+]. The van der Waals surface area contributed by atoms with Crippen LogP contribution in [0.15, 0.2) is 11.5 Å². The van der Waals surface area contributed by atoms with E-state index in [1.54, 1.807) is 0 Å². The van der Waals surface area contributed by atoms with Crippen molar-refractivity contribution in [1.82, 2.24) is 0 Å². The van der Waals surface area contributed by atoms with Gasteiger partial charge in [0.15, 0.2) is 11.9 Å². The minimum atomic E-state index is -1.42. The van der Waals surface area contributed by atoms with Gasteiger partial charge in [0.2, 0.25) is 5.76 Å². The van der Waals surface area contributed by atoms with Crippen LogP contribution in [0.25, 0.3) is 0 Å². The maximum atomic E-state index is 10.5. The van der Waals surface area contributed by atoms with Crippen molar-refractivity contribution in [2.24, 2.45) is 0 Å². The summed E-state index contributed by atoms with van der Waals surface area (Å²) in [6, 6.07) is 0. The van der Waals surface area contributed by atoms with E-state index in [1.807, 2.05) is 0 Å². The number of ether oxygens (including phenoxy) is 1. The van der Waals surface area contributed by atoms with Crippen LogP contribution in [0.4, 0.5) is 0 Å². The van der Waals surface area contributed by atoms with Crippen LogP contribution in [0.2, 0.25) is 0 Å². The minimum Gasteiger partial charge on any atom is -0.505 e. The van der Waals surface area contributed by atoms with E-state index >= 15 is 0 Å². The predicted molar refractivity (Wildman–Crippen MR) is 35.3 cm³/mol. The molecule has 0 unspecified atom stereocenters. The van der Waals surface area contributed by atoms with E-state index in [2.05, 4.69) is 4.74 Å². The molecule has 13 heavy (non-hydrogen) atoms. The molecule has 0 aliphatic carbocycles. The molecule has 4 N–H and O–H groups in total. The molecule has 68 valence electrons. The molecule has 0 fully saturated rings. The summed E-state index contributed by atoms with van der Waals surface area (Å²) in [4.78, 5) is 10.5. The number of hydrogen-bond donors (Lipinski definition) is 4. The number of aliphatic hydroxyl groups is 4. The Morgan fingerprint density at radius 3 is 2.31 bits per heavy atom. The van der Waals surface area contributed by atoms with Crippen molar-refractivity contribution in [3.63, 3.8) is 0 Å². The van der Waals surface area contributed by atoms with Crippen LogP contribution >= 0.6 is 0 Å². The maximum Gasteiger partial charge on any atom is 1.00 e. The molecule has 0 aromatic heterocycles. The number of esters is 1. The van der Waals surface area contributed by atoms with Gasteiger partial charge in [0, 0.05) is 0 Å². The molecule has 0 amide bonds. The van der Waals surface area contributed by atoms with Crippen LogP contribution < -0.4 is 68.9 Å². The fourth-order valence-corrected chi connectivity index (χ4v) is 0.823. The molecule has 0 saturated carbocycles. The summed E-state index contributed by atoms with van der Waals surface area (Å²) in [5.41, 5.74) is 0. The van der Waals surface area contributed by atoms with Gasteiger partial charge in [0.25, 0.3) is 0 Å². The van der Waals surface area contributed by atoms with Crippen molar-refractivity contribution in [3.8, 4) is 0 Å². The second-order valence-corrected chi connectivity index (χ2v) is 2.31. The fraction of sp³-hybridized carbons (Fsp3) is 0.500. The number of carbonyl (C=O) groups excluding carboxylic acids is 1. The monoisotopic (exact) mass is 309 g/mol. The first-order chi connectivity index (χ1) is 5.57. The van der Waals surface area contributed by atoms with Gasteiger partial charge in [-0.25, -0.2) is 4.79 Å². The minimum absolute atomic E-state index is 0. The van der Waals surface area contributed by atoms with Gasteiger partial charge in [0.1, 0.15) is 6.10 Å². The van der Waals surface area contributed by atoms with Crippen molar-refractivity contribution in [2.75, 3.05) is 6.61 Å². The van der Waals surface area contributed by atoms with E-state index in [9.17, 15) is 4.79 Å². The molecule has 7 heteroatoms.